The van der Waals surface area contributed by atoms with Crippen LogP contribution in [0.4, 0.5) is 24.8 Å². The number of ketones is 1. The Morgan fingerprint density at radius 2 is 1.93 bits per heavy atom. The molecule has 0 fully saturated rings. The number of anilines is 2. The van der Waals surface area contributed by atoms with E-state index in [0.29, 0.717) is 5.69 Å². The van der Waals surface area contributed by atoms with Crippen molar-refractivity contribution in [2.45, 2.75) is 19.6 Å². The number of nitrogens with one attached hydrogen (secondary N) is 1. The van der Waals surface area contributed by atoms with Gasteiger partial charge in [0.25, 0.3) is 0 Å². The molecular weight excluding hydrogens is 391 g/mol. The lowest BCUT2D eigenvalue weighted by molar-refractivity contribution is -0.137. The maximum absolute atomic E-state index is 12.8. The molecule has 0 bridgehead atoms. The summed E-state index contributed by atoms with van der Waals surface area (Å²) in [6.07, 6.45) is -4.53. The number of alkyl halides is 3. The van der Waals surface area contributed by atoms with Crippen molar-refractivity contribution in [3.05, 3.63) is 70.0 Å². The lowest BCUT2D eigenvalue weighted by Gasteiger charge is -2.09. The number of aromatic nitrogens is 3. The van der Waals surface area contributed by atoms with Crippen LogP contribution in [0.15, 0.2) is 48.5 Å². The first-order valence-corrected chi connectivity index (χ1v) is 8.55. The molecule has 3 rings (SSSR count). The van der Waals surface area contributed by atoms with Crippen LogP contribution in [0.5, 0.6) is 0 Å². The second-order valence-corrected chi connectivity index (χ2v) is 6.48. The van der Waals surface area contributed by atoms with Gasteiger partial charge < -0.3 is 5.73 Å². The summed E-state index contributed by atoms with van der Waals surface area (Å²) in [4.78, 5) is 12.4. The fourth-order valence-electron chi connectivity index (χ4n) is 2.57. The predicted molar refractivity (Wildman–Crippen MR) is 101 cm³/mol. The molecule has 0 amide bonds. The first-order chi connectivity index (χ1) is 13.1. The van der Waals surface area contributed by atoms with Crippen molar-refractivity contribution in [2.75, 3.05) is 11.2 Å². The van der Waals surface area contributed by atoms with Gasteiger partial charge in [0.1, 0.15) is 6.54 Å². The molecule has 3 N–H and O–H groups in total. The summed E-state index contributed by atoms with van der Waals surface area (Å²) in [7, 11) is 0. The third kappa shape index (κ3) is 4.22. The second-order valence-electron chi connectivity index (χ2n) is 6.12. The Balaban J connectivity index is 1.84. The van der Waals surface area contributed by atoms with E-state index in [1.165, 1.54) is 16.8 Å². The van der Waals surface area contributed by atoms with Crippen molar-refractivity contribution < 1.29 is 18.0 Å². The number of hydrogen-bond acceptors (Lipinski definition) is 5. The molecule has 0 unspecified atom stereocenters. The average molecular weight is 407 g/mol. The molecule has 0 aliphatic carbocycles. The van der Waals surface area contributed by atoms with Gasteiger partial charge in [0.05, 0.1) is 11.3 Å². The second kappa shape index (κ2) is 7.47. The van der Waals surface area contributed by atoms with Crippen LogP contribution < -0.4 is 11.2 Å². The van der Waals surface area contributed by atoms with Gasteiger partial charge in [-0.2, -0.15) is 17.8 Å². The molecule has 6 nitrogen and oxygen atoms in total. The summed E-state index contributed by atoms with van der Waals surface area (Å²) in [5.41, 5.74) is 9.60. The highest BCUT2D eigenvalue weighted by Gasteiger charge is 2.31. The monoisotopic (exact) mass is 407 g/mol. The van der Waals surface area contributed by atoms with E-state index < -0.39 is 17.5 Å². The Hall–Kier alpha value is -3.14. The summed E-state index contributed by atoms with van der Waals surface area (Å²) >= 11 is 5.29. The van der Waals surface area contributed by atoms with E-state index in [4.69, 9.17) is 18.0 Å². The number of carbonyl (C=O) groups is 1. The highest BCUT2D eigenvalue weighted by Crippen LogP contribution is 2.29. The van der Waals surface area contributed by atoms with Gasteiger partial charge >= 0.3 is 6.18 Å². The molecule has 0 aliphatic rings. The zero-order valence-electron chi connectivity index (χ0n) is 14.7. The largest absolute Gasteiger partial charge is 0.416 e. The Morgan fingerprint density at radius 3 is 2.61 bits per heavy atom. The van der Waals surface area contributed by atoms with Crippen molar-refractivity contribution in [3.8, 4) is 0 Å². The molecular formula is C18H16F3N5OS. The normalized spacial score (nSPS) is 11.4. The molecule has 3 aromatic rings. The number of carbonyl (C=O) groups excluding carboxylic acids is 1. The quantitative estimate of drug-likeness (QED) is 0.492. The number of nitrogens with zero attached hydrogens (tertiary/aromatic N) is 3. The lowest BCUT2D eigenvalue weighted by Crippen LogP contribution is -2.15. The van der Waals surface area contributed by atoms with E-state index in [1.54, 1.807) is 6.07 Å². The molecule has 0 saturated heterocycles. The Labute approximate surface area is 163 Å². The minimum Gasteiger partial charge on any atom is -0.366 e. The van der Waals surface area contributed by atoms with Crippen LogP contribution in [0.1, 0.15) is 21.5 Å². The van der Waals surface area contributed by atoms with E-state index in [0.717, 1.165) is 22.4 Å². The van der Waals surface area contributed by atoms with Gasteiger partial charge in [-0.25, -0.2) is 4.68 Å². The number of aryl methyl sites for hydroxylation is 1. The van der Waals surface area contributed by atoms with Crippen LogP contribution in [0, 0.1) is 11.7 Å². The maximum Gasteiger partial charge on any atom is 0.416 e. The van der Waals surface area contributed by atoms with E-state index in [-0.39, 0.29) is 22.8 Å². The average Bonchev–Trinajstić information content (AvgIpc) is 2.88. The number of halogens is 3. The number of hydrogen-bond donors (Lipinski definition) is 2. The standard InChI is InChI=1S/C18H16F3N5OS/c1-11-4-2-7-14(8-11)23-26-16(22)24-25(17(26)28)10-15(27)12-5-3-6-13(9-12)18(19,20)21/h2-9,23H,10H2,1H3,(H2,22,24). The van der Waals surface area contributed by atoms with Crippen molar-refractivity contribution in [1.82, 2.24) is 14.5 Å². The number of nitrogens with two attached hydrogens (primary N) is 1. The van der Waals surface area contributed by atoms with E-state index >= 15 is 0 Å². The summed E-state index contributed by atoms with van der Waals surface area (Å²) in [6, 6.07) is 11.6. The van der Waals surface area contributed by atoms with E-state index in [9.17, 15) is 18.0 Å². The Kier molecular flexibility index (Phi) is 5.23. The maximum atomic E-state index is 12.8. The minimum absolute atomic E-state index is 0.0170. The molecule has 146 valence electrons. The van der Waals surface area contributed by atoms with Gasteiger partial charge in [-0.15, -0.1) is 5.10 Å². The van der Waals surface area contributed by atoms with Gasteiger partial charge in [-0.1, -0.05) is 24.3 Å². The van der Waals surface area contributed by atoms with Crippen molar-refractivity contribution in [3.63, 3.8) is 0 Å². The zero-order valence-corrected chi connectivity index (χ0v) is 15.5. The van der Waals surface area contributed by atoms with Crippen molar-refractivity contribution >= 4 is 29.6 Å². The van der Waals surface area contributed by atoms with Crippen LogP contribution in [0.25, 0.3) is 0 Å². The highest BCUT2D eigenvalue weighted by atomic mass is 32.1. The summed E-state index contributed by atoms with van der Waals surface area (Å²) < 4.78 is 41.1. The first-order valence-electron chi connectivity index (χ1n) is 8.14. The molecule has 2 aromatic carbocycles. The van der Waals surface area contributed by atoms with Crippen molar-refractivity contribution in [2.24, 2.45) is 0 Å². The van der Waals surface area contributed by atoms with Gasteiger partial charge in [0.15, 0.2) is 5.78 Å². The molecule has 0 aliphatic heterocycles. The zero-order chi connectivity index (χ0) is 20.5. The molecule has 0 atom stereocenters. The third-order valence-corrected chi connectivity index (χ3v) is 4.32. The number of Topliss-reactive ketones (excluding diaryl/α,β-unsaturated/α-hetero) is 1. The highest BCUT2D eigenvalue weighted by molar-refractivity contribution is 7.71. The fraction of sp³-hybridized carbons (Fsp3) is 0.167. The molecule has 28 heavy (non-hydrogen) atoms. The van der Waals surface area contributed by atoms with Gasteiger partial charge in [0.2, 0.25) is 10.7 Å². The third-order valence-electron chi connectivity index (χ3n) is 3.93. The van der Waals surface area contributed by atoms with E-state index in [1.807, 2.05) is 25.1 Å². The topological polar surface area (TPSA) is 77.9 Å². The first kappa shape index (κ1) is 19.6. The number of benzene rings is 2. The molecule has 1 aromatic heterocycles. The van der Waals surface area contributed by atoms with Crippen LogP contribution in [-0.2, 0) is 12.7 Å². The van der Waals surface area contributed by atoms with Gasteiger partial charge in [-0.05, 0) is 49.0 Å². The van der Waals surface area contributed by atoms with Gasteiger partial charge in [-0.3, -0.25) is 10.2 Å². The summed E-state index contributed by atoms with van der Waals surface area (Å²) in [5, 5.41) is 4.01. The fourth-order valence-corrected chi connectivity index (χ4v) is 2.82. The summed E-state index contributed by atoms with van der Waals surface area (Å²) in [6.45, 7) is 1.58. The van der Waals surface area contributed by atoms with Crippen LogP contribution in [0.3, 0.4) is 0 Å². The van der Waals surface area contributed by atoms with Crippen LogP contribution >= 0.6 is 12.2 Å². The summed E-state index contributed by atoms with van der Waals surface area (Å²) in [5.74, 6) is -0.550. The van der Waals surface area contributed by atoms with Crippen LogP contribution in [-0.4, -0.2) is 20.2 Å². The number of rotatable bonds is 5. The molecule has 0 saturated carbocycles. The SMILES string of the molecule is Cc1cccc(Nn2c(N)nn(CC(=O)c3cccc(C(F)(F)F)c3)c2=S)c1. The molecule has 0 radical (unpaired) electrons. The van der Waals surface area contributed by atoms with E-state index in [2.05, 4.69) is 10.5 Å². The Morgan fingerprint density at radius 1 is 1.21 bits per heavy atom. The molecule has 1 heterocycles. The molecule has 0 spiro atoms. The van der Waals surface area contributed by atoms with Crippen LogP contribution in [0.2, 0.25) is 0 Å². The lowest BCUT2D eigenvalue weighted by atomic mass is 10.1. The smallest absolute Gasteiger partial charge is 0.366 e. The van der Waals surface area contributed by atoms with Gasteiger partial charge in [0, 0.05) is 5.56 Å². The predicted octanol–water partition coefficient (Wildman–Crippen LogP) is 4.08. The number of nitrogen functional groups attached to an aromatic ring is 1. The molecule has 10 heteroatoms. The Bertz CT molecular complexity index is 1090. The minimum atomic E-state index is -4.53. The van der Waals surface area contributed by atoms with Crippen molar-refractivity contribution in [1.29, 1.82) is 0 Å².